The number of benzene rings is 6. The van der Waals surface area contributed by atoms with Crippen molar-refractivity contribution in [3.05, 3.63) is 145 Å². The fourth-order valence-electron chi connectivity index (χ4n) is 6.28. The molecule has 0 spiro atoms. The molecule has 7 aromatic rings. The van der Waals surface area contributed by atoms with Gasteiger partial charge >= 0.3 is 0 Å². The van der Waals surface area contributed by atoms with Crippen molar-refractivity contribution in [2.24, 2.45) is 0 Å². The Balaban J connectivity index is 1.10. The summed E-state index contributed by atoms with van der Waals surface area (Å²) in [6.45, 7) is 4.54. The molecule has 1 aliphatic heterocycles. The number of fused-ring (bicyclic) bond motifs is 5. The van der Waals surface area contributed by atoms with Gasteiger partial charge in [-0.15, -0.1) is 0 Å². The van der Waals surface area contributed by atoms with Crippen LogP contribution in [0.25, 0.3) is 55.3 Å². The first kappa shape index (κ1) is 23.8. The smallest absolute Gasteiger partial charge is 0.136 e. The molecule has 0 atom stereocenters. The highest BCUT2D eigenvalue weighted by molar-refractivity contribution is 6.05. The zero-order valence-electron chi connectivity index (χ0n) is 23.0. The van der Waals surface area contributed by atoms with E-state index < -0.39 is 0 Å². The predicted octanol–water partition coefficient (Wildman–Crippen LogP) is 11.0. The van der Waals surface area contributed by atoms with Crippen LogP contribution in [0.5, 0.6) is 11.5 Å². The first-order chi connectivity index (χ1) is 20.0. The second kappa shape index (κ2) is 8.97. The Morgan fingerprint density at radius 1 is 0.415 bits per heavy atom. The average molecular weight is 529 g/mol. The van der Waals surface area contributed by atoms with Gasteiger partial charge in [0.05, 0.1) is 0 Å². The molecule has 0 aliphatic carbocycles. The van der Waals surface area contributed by atoms with Crippen LogP contribution in [0.2, 0.25) is 0 Å². The van der Waals surface area contributed by atoms with Crippen LogP contribution in [0.3, 0.4) is 0 Å². The Morgan fingerprint density at radius 2 is 1.00 bits per heavy atom. The Hall–Kier alpha value is -5.08. The van der Waals surface area contributed by atoms with Crippen LogP contribution >= 0.6 is 0 Å². The fraction of sp³-hybridized carbons (Fsp3) is 0.0769. The summed E-state index contributed by atoms with van der Waals surface area (Å²) in [5.74, 6) is 1.87. The number of furan rings is 1. The number of hydrogen-bond acceptors (Lipinski definition) is 2. The van der Waals surface area contributed by atoms with E-state index >= 15 is 0 Å². The monoisotopic (exact) mass is 528 g/mol. The Labute approximate surface area is 239 Å². The lowest BCUT2D eigenvalue weighted by molar-refractivity contribution is 0.418. The Morgan fingerprint density at radius 3 is 1.83 bits per heavy atom. The van der Waals surface area contributed by atoms with Crippen LogP contribution in [0.1, 0.15) is 25.0 Å². The van der Waals surface area contributed by atoms with Crippen molar-refractivity contribution in [3.63, 3.8) is 0 Å². The number of hydrogen-bond donors (Lipinski definition) is 0. The van der Waals surface area contributed by atoms with Gasteiger partial charge in [-0.25, -0.2) is 0 Å². The molecule has 0 unspecified atom stereocenters. The molecule has 0 saturated carbocycles. The van der Waals surface area contributed by atoms with E-state index in [0.29, 0.717) is 0 Å². The lowest BCUT2D eigenvalue weighted by Gasteiger charge is -2.34. The van der Waals surface area contributed by atoms with Crippen LogP contribution in [0.15, 0.2) is 138 Å². The first-order valence-corrected chi connectivity index (χ1v) is 14.1. The first-order valence-electron chi connectivity index (χ1n) is 14.1. The predicted molar refractivity (Wildman–Crippen MR) is 169 cm³/mol. The average Bonchev–Trinajstić information content (AvgIpc) is 3.39. The van der Waals surface area contributed by atoms with Crippen LogP contribution in [-0.2, 0) is 5.41 Å². The minimum atomic E-state index is -0.110. The molecule has 0 saturated heterocycles. The number of rotatable bonds is 3. The summed E-state index contributed by atoms with van der Waals surface area (Å²) in [6, 6.07) is 47.2. The highest BCUT2D eigenvalue weighted by Crippen LogP contribution is 2.48. The van der Waals surface area contributed by atoms with Gasteiger partial charge in [0.1, 0.15) is 22.7 Å². The zero-order valence-corrected chi connectivity index (χ0v) is 23.0. The van der Waals surface area contributed by atoms with E-state index in [1.165, 1.54) is 33.4 Å². The second-order valence-electron chi connectivity index (χ2n) is 11.4. The molecule has 2 nitrogen and oxygen atoms in total. The van der Waals surface area contributed by atoms with Gasteiger partial charge < -0.3 is 9.15 Å². The molecule has 1 aromatic heterocycles. The third kappa shape index (κ3) is 3.87. The minimum absolute atomic E-state index is 0.110. The highest BCUT2D eigenvalue weighted by Gasteiger charge is 2.34. The summed E-state index contributed by atoms with van der Waals surface area (Å²) >= 11 is 0. The SMILES string of the molecule is CC1(C)c2ccccc2Oc2cc(-c3cccc(-c4ccc(-c5ccc6c(c5)oc5ccccc56)cc4)c3)ccc21. The molecule has 0 N–H and O–H groups in total. The van der Waals surface area contributed by atoms with E-state index in [2.05, 4.69) is 129 Å². The Bertz CT molecular complexity index is 2090. The molecule has 2 heterocycles. The molecule has 0 amide bonds. The third-order valence-corrected chi connectivity index (χ3v) is 8.56. The van der Waals surface area contributed by atoms with Gasteiger partial charge in [0.25, 0.3) is 0 Å². The molecule has 2 heteroatoms. The molecule has 0 bridgehead atoms. The van der Waals surface area contributed by atoms with Crippen LogP contribution in [0.4, 0.5) is 0 Å². The molecule has 0 radical (unpaired) electrons. The molecule has 0 fully saturated rings. The van der Waals surface area contributed by atoms with Crippen molar-refractivity contribution in [1.82, 2.24) is 0 Å². The molecule has 41 heavy (non-hydrogen) atoms. The summed E-state index contributed by atoms with van der Waals surface area (Å²) in [4.78, 5) is 0. The van der Waals surface area contributed by atoms with E-state index in [1.54, 1.807) is 0 Å². The zero-order chi connectivity index (χ0) is 27.6. The van der Waals surface area contributed by atoms with Gasteiger partial charge in [-0.3, -0.25) is 0 Å². The van der Waals surface area contributed by atoms with E-state index in [-0.39, 0.29) is 5.41 Å². The van der Waals surface area contributed by atoms with Gasteiger partial charge in [0, 0.05) is 27.3 Å². The maximum atomic E-state index is 6.38. The minimum Gasteiger partial charge on any atom is -0.457 e. The van der Waals surface area contributed by atoms with E-state index in [0.717, 1.165) is 44.6 Å². The number of para-hydroxylation sites is 2. The quantitative estimate of drug-likeness (QED) is 0.228. The van der Waals surface area contributed by atoms with Crippen molar-refractivity contribution < 1.29 is 9.15 Å². The van der Waals surface area contributed by atoms with Crippen LogP contribution < -0.4 is 4.74 Å². The molecule has 6 aromatic carbocycles. The largest absolute Gasteiger partial charge is 0.457 e. The van der Waals surface area contributed by atoms with Crippen molar-refractivity contribution in [2.45, 2.75) is 19.3 Å². The van der Waals surface area contributed by atoms with Crippen LogP contribution in [0, 0.1) is 0 Å². The molecule has 8 rings (SSSR count). The highest BCUT2D eigenvalue weighted by atomic mass is 16.5. The maximum Gasteiger partial charge on any atom is 0.136 e. The van der Waals surface area contributed by atoms with E-state index in [1.807, 2.05) is 18.2 Å². The lowest BCUT2D eigenvalue weighted by atomic mass is 9.75. The summed E-state index contributed by atoms with van der Waals surface area (Å²) in [6.07, 6.45) is 0. The summed E-state index contributed by atoms with van der Waals surface area (Å²) in [5.41, 5.74) is 11.2. The normalized spacial score (nSPS) is 13.5. The van der Waals surface area contributed by atoms with Crippen molar-refractivity contribution >= 4 is 21.9 Å². The molecular weight excluding hydrogens is 500 g/mol. The standard InChI is InChI=1S/C39H28O2/c1-39(2)33-11-4-6-13-36(33)41-38-24-30(19-21-34(38)39)28-9-7-8-27(22-28)25-14-16-26(17-15-25)29-18-20-32-31-10-3-5-12-35(31)40-37(32)23-29/h3-24H,1-2H3. The second-order valence-corrected chi connectivity index (χ2v) is 11.4. The van der Waals surface area contributed by atoms with Crippen molar-refractivity contribution in [2.75, 3.05) is 0 Å². The topological polar surface area (TPSA) is 22.4 Å². The molecular formula is C39H28O2. The Kier molecular flexibility index (Phi) is 5.20. The van der Waals surface area contributed by atoms with E-state index in [9.17, 15) is 0 Å². The van der Waals surface area contributed by atoms with Gasteiger partial charge in [-0.05, 0) is 69.8 Å². The van der Waals surface area contributed by atoms with Gasteiger partial charge in [0.2, 0.25) is 0 Å². The van der Waals surface area contributed by atoms with Gasteiger partial charge in [-0.1, -0.05) is 111 Å². The van der Waals surface area contributed by atoms with E-state index in [4.69, 9.17) is 9.15 Å². The van der Waals surface area contributed by atoms with Crippen LogP contribution in [-0.4, -0.2) is 0 Å². The summed E-state index contributed by atoms with van der Waals surface area (Å²) in [7, 11) is 0. The van der Waals surface area contributed by atoms with Crippen molar-refractivity contribution in [1.29, 1.82) is 0 Å². The lowest BCUT2D eigenvalue weighted by Crippen LogP contribution is -2.24. The molecule has 196 valence electrons. The van der Waals surface area contributed by atoms with Gasteiger partial charge in [-0.2, -0.15) is 0 Å². The maximum absolute atomic E-state index is 6.38. The van der Waals surface area contributed by atoms with Crippen molar-refractivity contribution in [3.8, 4) is 44.9 Å². The fourth-order valence-corrected chi connectivity index (χ4v) is 6.28. The summed E-state index contributed by atoms with van der Waals surface area (Å²) in [5, 5.41) is 2.31. The van der Waals surface area contributed by atoms with Gasteiger partial charge in [0.15, 0.2) is 0 Å². The summed E-state index contributed by atoms with van der Waals surface area (Å²) < 4.78 is 12.5. The number of ether oxygens (including phenoxy) is 1. The third-order valence-electron chi connectivity index (χ3n) is 8.56. The molecule has 1 aliphatic rings.